The fourth-order valence-corrected chi connectivity index (χ4v) is 3.86. The van der Waals surface area contributed by atoms with E-state index in [0.717, 1.165) is 10.6 Å². The lowest BCUT2D eigenvalue weighted by Gasteiger charge is -2.32. The number of nitrogens with zero attached hydrogens (tertiary/aromatic N) is 8. The summed E-state index contributed by atoms with van der Waals surface area (Å²) in [4.78, 5) is 27.3. The number of hydrogen-bond donors (Lipinski definition) is 1. The maximum Gasteiger partial charge on any atom is 0.249 e. The fraction of sp³-hybridized carbons (Fsp3) is 0.450. The van der Waals surface area contributed by atoms with Gasteiger partial charge in [0.05, 0.1) is 18.1 Å². The summed E-state index contributed by atoms with van der Waals surface area (Å²) >= 11 is 0. The number of carbonyl (C=O) groups excluding carboxylic acids is 1. The largest absolute Gasteiger partial charge is 0.341 e. The van der Waals surface area contributed by atoms with Gasteiger partial charge < -0.3 is 9.47 Å². The molecule has 0 unspecified atom stereocenters. The number of hydroxylamine groups is 2. The highest BCUT2D eigenvalue weighted by atomic mass is 19.1. The Morgan fingerprint density at radius 2 is 2.00 bits per heavy atom. The minimum absolute atomic E-state index is 0.0387. The van der Waals surface area contributed by atoms with Crippen molar-refractivity contribution in [2.24, 2.45) is 20.0 Å². The molecule has 1 saturated heterocycles. The molecule has 3 aromatic rings. The van der Waals surface area contributed by atoms with Crippen molar-refractivity contribution in [1.29, 1.82) is 0 Å². The topological polar surface area (TPSA) is 105 Å². The first-order valence-electron chi connectivity index (χ1n) is 10.1. The van der Waals surface area contributed by atoms with Crippen LogP contribution in [0.15, 0.2) is 24.8 Å². The highest BCUT2D eigenvalue weighted by molar-refractivity contribution is 5.78. The van der Waals surface area contributed by atoms with Crippen LogP contribution in [0.4, 0.5) is 10.3 Å². The van der Waals surface area contributed by atoms with Crippen molar-refractivity contribution in [3.8, 4) is 11.4 Å². The van der Waals surface area contributed by atoms with E-state index in [1.165, 1.54) is 6.20 Å². The van der Waals surface area contributed by atoms with Crippen LogP contribution >= 0.6 is 0 Å². The Bertz CT molecular complexity index is 1070. The Morgan fingerprint density at radius 1 is 1.26 bits per heavy atom. The van der Waals surface area contributed by atoms with E-state index >= 15 is 0 Å². The Morgan fingerprint density at radius 3 is 2.61 bits per heavy atom. The molecule has 11 heteroatoms. The number of carbonyl (C=O) groups is 1. The maximum atomic E-state index is 14.4. The van der Waals surface area contributed by atoms with Crippen molar-refractivity contribution in [2.45, 2.75) is 26.3 Å². The van der Waals surface area contributed by atoms with Gasteiger partial charge in [-0.05, 0) is 25.3 Å². The first-order valence-corrected chi connectivity index (χ1v) is 10.1. The van der Waals surface area contributed by atoms with Crippen LogP contribution in [-0.2, 0) is 25.4 Å². The van der Waals surface area contributed by atoms with E-state index in [1.54, 1.807) is 34.9 Å². The molecule has 10 nitrogen and oxygen atoms in total. The molecule has 1 amide bonds. The average molecular weight is 428 g/mol. The van der Waals surface area contributed by atoms with Crippen LogP contribution < -0.4 is 4.90 Å². The standard InChI is InChI=1S/C20H25FN8O2/c1-13-10-24-27(3)18(13)17-15(21)11-23-20(25-17)28-7-4-14(5-8-28)19(30)29(31)12-16-22-6-9-26(16)2/h6,9-11,14,31H,4-5,7-8,12H2,1-3H3. The van der Waals surface area contributed by atoms with Gasteiger partial charge in [0.25, 0.3) is 0 Å². The van der Waals surface area contributed by atoms with Crippen LogP contribution in [0.5, 0.6) is 0 Å². The summed E-state index contributed by atoms with van der Waals surface area (Å²) in [5.41, 5.74) is 1.64. The molecule has 0 bridgehead atoms. The normalized spacial score (nSPS) is 14.8. The van der Waals surface area contributed by atoms with Crippen molar-refractivity contribution in [2.75, 3.05) is 18.0 Å². The number of imidazole rings is 1. The Balaban J connectivity index is 1.42. The van der Waals surface area contributed by atoms with Gasteiger partial charge in [0.1, 0.15) is 18.1 Å². The SMILES string of the molecule is Cc1cnn(C)c1-c1nc(N2CCC(C(=O)N(O)Cc3nccn3C)CC2)ncc1F. The number of aromatic nitrogens is 6. The van der Waals surface area contributed by atoms with E-state index in [9.17, 15) is 14.4 Å². The lowest BCUT2D eigenvalue weighted by atomic mass is 9.96. The third kappa shape index (κ3) is 4.13. The molecule has 0 aliphatic carbocycles. The zero-order chi connectivity index (χ0) is 22.1. The minimum atomic E-state index is -0.509. The molecule has 1 fully saturated rings. The van der Waals surface area contributed by atoms with Gasteiger partial charge in [0.15, 0.2) is 5.82 Å². The van der Waals surface area contributed by atoms with E-state index in [0.29, 0.717) is 43.4 Å². The first-order chi connectivity index (χ1) is 14.8. The first kappa shape index (κ1) is 20.9. The van der Waals surface area contributed by atoms with Crippen molar-refractivity contribution >= 4 is 11.9 Å². The Hall–Kier alpha value is -3.34. The molecule has 1 aliphatic rings. The summed E-state index contributed by atoms with van der Waals surface area (Å²) in [5.74, 6) is -0.122. The zero-order valence-corrected chi connectivity index (χ0v) is 17.7. The van der Waals surface area contributed by atoms with Crippen LogP contribution in [0.3, 0.4) is 0 Å². The summed E-state index contributed by atoms with van der Waals surface area (Å²) in [6.45, 7) is 2.95. The van der Waals surface area contributed by atoms with Gasteiger partial charge in [-0.2, -0.15) is 5.10 Å². The lowest BCUT2D eigenvalue weighted by Crippen LogP contribution is -2.42. The maximum absolute atomic E-state index is 14.4. The molecule has 0 spiro atoms. The van der Waals surface area contributed by atoms with E-state index < -0.39 is 5.82 Å². The second-order valence-corrected chi connectivity index (χ2v) is 7.78. The molecule has 0 atom stereocenters. The van der Waals surface area contributed by atoms with E-state index in [-0.39, 0.29) is 24.1 Å². The van der Waals surface area contributed by atoms with Crippen molar-refractivity contribution in [1.82, 2.24) is 34.4 Å². The summed E-state index contributed by atoms with van der Waals surface area (Å²) in [6, 6.07) is 0. The van der Waals surface area contributed by atoms with E-state index in [2.05, 4.69) is 20.1 Å². The molecule has 3 aromatic heterocycles. The molecule has 4 heterocycles. The Labute approximate surface area is 178 Å². The molecule has 164 valence electrons. The predicted molar refractivity (Wildman–Crippen MR) is 109 cm³/mol. The van der Waals surface area contributed by atoms with Crippen molar-refractivity contribution in [3.63, 3.8) is 0 Å². The summed E-state index contributed by atoms with van der Waals surface area (Å²) in [6.07, 6.45) is 7.30. The van der Waals surface area contributed by atoms with Gasteiger partial charge in [0.2, 0.25) is 11.9 Å². The van der Waals surface area contributed by atoms with Gasteiger partial charge >= 0.3 is 0 Å². The molecule has 0 radical (unpaired) electrons. The molecule has 31 heavy (non-hydrogen) atoms. The van der Waals surface area contributed by atoms with Crippen LogP contribution in [-0.4, -0.2) is 58.6 Å². The zero-order valence-electron chi connectivity index (χ0n) is 17.7. The van der Waals surface area contributed by atoms with Gasteiger partial charge in [0, 0.05) is 45.5 Å². The monoisotopic (exact) mass is 428 g/mol. The molecule has 0 saturated carbocycles. The third-order valence-electron chi connectivity index (χ3n) is 5.67. The fourth-order valence-electron chi connectivity index (χ4n) is 3.86. The Kier molecular flexibility index (Phi) is 5.68. The minimum Gasteiger partial charge on any atom is -0.341 e. The van der Waals surface area contributed by atoms with Crippen LogP contribution in [0, 0.1) is 18.7 Å². The second kappa shape index (κ2) is 8.42. The van der Waals surface area contributed by atoms with Crippen LogP contribution in [0.25, 0.3) is 11.4 Å². The molecular weight excluding hydrogens is 403 g/mol. The average Bonchev–Trinajstić information content (AvgIpc) is 3.32. The van der Waals surface area contributed by atoms with E-state index in [4.69, 9.17) is 0 Å². The highest BCUT2D eigenvalue weighted by Gasteiger charge is 2.30. The van der Waals surface area contributed by atoms with Crippen molar-refractivity contribution < 1.29 is 14.4 Å². The number of amides is 1. The van der Waals surface area contributed by atoms with Gasteiger partial charge in [-0.3, -0.25) is 14.7 Å². The lowest BCUT2D eigenvalue weighted by molar-refractivity contribution is -0.174. The second-order valence-electron chi connectivity index (χ2n) is 7.78. The molecule has 1 N–H and O–H groups in total. The molecule has 4 rings (SSSR count). The number of piperidine rings is 1. The number of anilines is 1. The summed E-state index contributed by atoms with van der Waals surface area (Å²) in [5, 5.41) is 15.1. The van der Waals surface area contributed by atoms with Crippen molar-refractivity contribution in [3.05, 3.63) is 42.0 Å². The third-order valence-corrected chi connectivity index (χ3v) is 5.67. The number of hydrogen-bond acceptors (Lipinski definition) is 7. The molecule has 1 aliphatic heterocycles. The smallest absolute Gasteiger partial charge is 0.249 e. The van der Waals surface area contributed by atoms with Crippen LogP contribution in [0.2, 0.25) is 0 Å². The van der Waals surface area contributed by atoms with Gasteiger partial charge in [-0.25, -0.2) is 24.4 Å². The molecular formula is C20H25FN8O2. The highest BCUT2D eigenvalue weighted by Crippen LogP contribution is 2.27. The van der Waals surface area contributed by atoms with Gasteiger partial charge in [-0.1, -0.05) is 0 Å². The van der Waals surface area contributed by atoms with Gasteiger partial charge in [-0.15, -0.1) is 0 Å². The molecule has 0 aromatic carbocycles. The van der Waals surface area contributed by atoms with Crippen LogP contribution in [0.1, 0.15) is 24.2 Å². The quantitative estimate of drug-likeness (QED) is 0.487. The summed E-state index contributed by atoms with van der Waals surface area (Å²) in [7, 11) is 3.55. The predicted octanol–water partition coefficient (Wildman–Crippen LogP) is 1.69. The van der Waals surface area contributed by atoms with E-state index in [1.807, 2.05) is 18.9 Å². The number of halogens is 1. The number of aryl methyl sites for hydroxylation is 3. The number of rotatable bonds is 5. The summed E-state index contributed by atoms with van der Waals surface area (Å²) < 4.78 is 17.8.